The third-order valence-corrected chi connectivity index (χ3v) is 7.04. The summed E-state index contributed by atoms with van der Waals surface area (Å²) < 4.78 is 55.4. The first-order valence-corrected chi connectivity index (χ1v) is 13.2. The van der Waals surface area contributed by atoms with Crippen molar-refractivity contribution in [2.75, 3.05) is 0 Å². The molecule has 0 fully saturated rings. The number of carbonyl (C=O) groups is 1. The zero-order chi connectivity index (χ0) is 30.0. The number of hydrogen-bond donors (Lipinski definition) is 0. The first-order chi connectivity index (χ1) is 20.0. The number of aryl methyl sites for hydroxylation is 1. The number of nitrogens with zero attached hydrogens (tertiary/aromatic N) is 4. The molecule has 0 radical (unpaired) electrons. The van der Waals surface area contributed by atoms with E-state index in [2.05, 4.69) is 9.97 Å². The average molecular weight is 575 g/mol. The van der Waals surface area contributed by atoms with Crippen LogP contribution in [0.5, 0.6) is 0 Å². The van der Waals surface area contributed by atoms with Crippen LogP contribution in [-0.4, -0.2) is 25.3 Å². The van der Waals surface area contributed by atoms with Crippen LogP contribution in [0, 0.1) is 12.7 Å². The van der Waals surface area contributed by atoms with Gasteiger partial charge in [-0.25, -0.2) is 4.39 Å². The summed E-state index contributed by atoms with van der Waals surface area (Å²) in [5, 5.41) is 0.402. The molecule has 0 aliphatic heterocycles. The summed E-state index contributed by atoms with van der Waals surface area (Å²) in [6.45, 7) is 3.74. The van der Waals surface area contributed by atoms with E-state index in [1.807, 2.05) is 35.8 Å². The van der Waals surface area contributed by atoms with Crippen LogP contribution < -0.4 is 5.56 Å². The van der Waals surface area contributed by atoms with Gasteiger partial charge in [0, 0.05) is 24.6 Å². The highest BCUT2D eigenvalue weighted by atomic mass is 19.4. The molecule has 3 aromatic carbocycles. The highest BCUT2D eigenvalue weighted by Gasteiger charge is 2.34. The zero-order valence-corrected chi connectivity index (χ0v) is 22.8. The lowest BCUT2D eigenvalue weighted by molar-refractivity contribution is -0.140. The SMILES string of the molecule is Cc1ccc(-n2c(C(C)N(Cc3cccnc3)C(=O)Cc3ccc(C(F)(F)F)c(F)c3)nc(=O)c3ccccc32)cc1. The number of pyridine rings is 1. The number of carbonyl (C=O) groups excluding carboxylic acids is 1. The molecule has 5 rings (SSSR count). The molecule has 214 valence electrons. The molecule has 1 unspecified atom stereocenters. The second-order valence-corrected chi connectivity index (χ2v) is 10.0. The third kappa shape index (κ3) is 5.93. The Bertz CT molecular complexity index is 1800. The topological polar surface area (TPSA) is 68.1 Å². The number of fused-ring (bicyclic) bond motifs is 1. The molecule has 0 saturated carbocycles. The zero-order valence-electron chi connectivity index (χ0n) is 22.8. The maximum absolute atomic E-state index is 14.3. The summed E-state index contributed by atoms with van der Waals surface area (Å²) in [7, 11) is 0. The molecule has 0 N–H and O–H groups in total. The molecular weight excluding hydrogens is 548 g/mol. The summed E-state index contributed by atoms with van der Waals surface area (Å²) in [6.07, 6.45) is -2.05. The fourth-order valence-corrected chi connectivity index (χ4v) is 4.88. The van der Waals surface area contributed by atoms with E-state index in [-0.39, 0.29) is 18.5 Å². The van der Waals surface area contributed by atoms with Crippen molar-refractivity contribution in [3.63, 3.8) is 0 Å². The second kappa shape index (κ2) is 11.6. The molecule has 2 aromatic heterocycles. The van der Waals surface area contributed by atoms with Gasteiger partial charge >= 0.3 is 6.18 Å². The van der Waals surface area contributed by atoms with Crippen molar-refractivity contribution in [1.82, 2.24) is 19.4 Å². The van der Waals surface area contributed by atoms with Gasteiger partial charge in [0.2, 0.25) is 5.91 Å². The van der Waals surface area contributed by atoms with E-state index in [0.29, 0.717) is 28.4 Å². The highest BCUT2D eigenvalue weighted by Crippen LogP contribution is 2.32. The number of amides is 1. The number of benzene rings is 3. The maximum atomic E-state index is 14.3. The standard InChI is InChI=1S/C32H26F4N4O2/c1-20-9-12-24(13-10-20)40-28-8-4-3-7-25(28)31(42)38-30(40)21(2)39(19-23-6-5-15-37-18-23)29(41)17-22-11-14-26(27(33)16-22)32(34,35)36/h3-16,18,21H,17,19H2,1-2H3. The first kappa shape index (κ1) is 28.7. The van der Waals surface area contributed by atoms with E-state index < -0.39 is 35.1 Å². The molecule has 10 heteroatoms. The Kier molecular flexibility index (Phi) is 7.89. The van der Waals surface area contributed by atoms with E-state index in [1.165, 1.54) is 4.90 Å². The minimum Gasteiger partial charge on any atom is -0.328 e. The number of rotatable bonds is 7. The average Bonchev–Trinajstić information content (AvgIpc) is 2.96. The van der Waals surface area contributed by atoms with Gasteiger partial charge in [-0.05, 0) is 67.4 Å². The van der Waals surface area contributed by atoms with Crippen molar-refractivity contribution >= 4 is 16.8 Å². The molecule has 0 aliphatic rings. The Morgan fingerprint density at radius 1 is 0.976 bits per heavy atom. The fourth-order valence-electron chi connectivity index (χ4n) is 4.88. The monoisotopic (exact) mass is 574 g/mol. The van der Waals surface area contributed by atoms with Crippen LogP contribution in [0.1, 0.15) is 41.0 Å². The molecule has 0 aliphatic carbocycles. The molecule has 0 saturated heterocycles. The number of hydrogen-bond acceptors (Lipinski definition) is 4. The van der Waals surface area contributed by atoms with Gasteiger partial charge in [0.1, 0.15) is 11.6 Å². The van der Waals surface area contributed by atoms with Crippen LogP contribution in [0.2, 0.25) is 0 Å². The van der Waals surface area contributed by atoms with E-state index in [4.69, 9.17) is 0 Å². The normalized spacial score (nSPS) is 12.3. The summed E-state index contributed by atoms with van der Waals surface area (Å²) >= 11 is 0. The Hall–Kier alpha value is -4.86. The van der Waals surface area contributed by atoms with Gasteiger partial charge in [-0.3, -0.25) is 19.1 Å². The van der Waals surface area contributed by atoms with Crippen LogP contribution in [-0.2, 0) is 23.9 Å². The lowest BCUT2D eigenvalue weighted by atomic mass is 10.1. The highest BCUT2D eigenvalue weighted by molar-refractivity contribution is 5.81. The lowest BCUT2D eigenvalue weighted by Gasteiger charge is -2.31. The number of aromatic nitrogens is 3. The predicted octanol–water partition coefficient (Wildman–Crippen LogP) is 6.58. The summed E-state index contributed by atoms with van der Waals surface area (Å²) in [5.74, 6) is -1.66. The molecule has 42 heavy (non-hydrogen) atoms. The Morgan fingerprint density at radius 2 is 1.71 bits per heavy atom. The third-order valence-electron chi connectivity index (χ3n) is 7.04. The summed E-state index contributed by atoms with van der Waals surface area (Å²) in [6, 6.07) is 19.8. The molecule has 1 atom stereocenters. The largest absolute Gasteiger partial charge is 0.419 e. The number of para-hydroxylation sites is 1. The quantitative estimate of drug-likeness (QED) is 0.206. The molecule has 2 heterocycles. The Balaban J connectivity index is 1.61. The van der Waals surface area contributed by atoms with Crippen molar-refractivity contribution < 1.29 is 22.4 Å². The summed E-state index contributed by atoms with van der Waals surface area (Å²) in [5.41, 5.74) is 1.25. The molecule has 0 spiro atoms. The fraction of sp³-hybridized carbons (Fsp3) is 0.188. The first-order valence-electron chi connectivity index (χ1n) is 13.2. The smallest absolute Gasteiger partial charge is 0.328 e. The lowest BCUT2D eigenvalue weighted by Crippen LogP contribution is -2.37. The molecule has 1 amide bonds. The van der Waals surface area contributed by atoms with Crippen LogP contribution >= 0.6 is 0 Å². The van der Waals surface area contributed by atoms with Crippen molar-refractivity contribution in [1.29, 1.82) is 0 Å². The van der Waals surface area contributed by atoms with Gasteiger partial charge in [-0.1, -0.05) is 42.0 Å². The molecule has 0 bridgehead atoms. The second-order valence-electron chi connectivity index (χ2n) is 10.0. The van der Waals surface area contributed by atoms with Crippen molar-refractivity contribution in [3.8, 4) is 5.69 Å². The van der Waals surface area contributed by atoms with Crippen LogP contribution in [0.4, 0.5) is 17.6 Å². The van der Waals surface area contributed by atoms with Gasteiger partial charge in [0.05, 0.1) is 28.9 Å². The van der Waals surface area contributed by atoms with Gasteiger partial charge in [-0.2, -0.15) is 18.2 Å². The molecule has 5 aromatic rings. The predicted molar refractivity (Wildman–Crippen MR) is 150 cm³/mol. The maximum Gasteiger partial charge on any atom is 0.419 e. The van der Waals surface area contributed by atoms with Crippen molar-refractivity contribution in [3.05, 3.63) is 136 Å². The van der Waals surface area contributed by atoms with Gasteiger partial charge in [-0.15, -0.1) is 0 Å². The molecular formula is C32H26F4N4O2. The van der Waals surface area contributed by atoms with Gasteiger partial charge in [0.15, 0.2) is 0 Å². The van der Waals surface area contributed by atoms with E-state index in [0.717, 1.165) is 23.4 Å². The van der Waals surface area contributed by atoms with Gasteiger partial charge < -0.3 is 4.90 Å². The van der Waals surface area contributed by atoms with E-state index in [9.17, 15) is 27.2 Å². The van der Waals surface area contributed by atoms with E-state index in [1.54, 1.807) is 55.7 Å². The Labute approximate surface area is 238 Å². The number of alkyl halides is 3. The minimum atomic E-state index is -4.85. The number of halogens is 4. The summed E-state index contributed by atoms with van der Waals surface area (Å²) in [4.78, 5) is 37.0. The van der Waals surface area contributed by atoms with Crippen LogP contribution in [0.15, 0.2) is 96.1 Å². The van der Waals surface area contributed by atoms with Crippen LogP contribution in [0.3, 0.4) is 0 Å². The minimum absolute atomic E-state index is 0.0630. The van der Waals surface area contributed by atoms with Gasteiger partial charge in [0.25, 0.3) is 5.56 Å². The van der Waals surface area contributed by atoms with Crippen LogP contribution in [0.25, 0.3) is 16.6 Å². The van der Waals surface area contributed by atoms with Crippen molar-refractivity contribution in [2.24, 2.45) is 0 Å². The van der Waals surface area contributed by atoms with Crippen molar-refractivity contribution in [2.45, 2.75) is 39.0 Å². The van der Waals surface area contributed by atoms with E-state index >= 15 is 0 Å². The Morgan fingerprint density at radius 3 is 2.38 bits per heavy atom. The molecule has 6 nitrogen and oxygen atoms in total.